The molecule has 0 fully saturated rings. The molecule has 4 aromatic rings. The van der Waals surface area contributed by atoms with Gasteiger partial charge in [0.25, 0.3) is 5.91 Å². The van der Waals surface area contributed by atoms with Crippen LogP contribution in [-0.2, 0) is 4.84 Å². The lowest BCUT2D eigenvalue weighted by molar-refractivity contribution is -0.0755. The van der Waals surface area contributed by atoms with Gasteiger partial charge < -0.3 is 11.5 Å². The van der Waals surface area contributed by atoms with E-state index in [1.165, 1.54) is 35.8 Å². The van der Waals surface area contributed by atoms with E-state index in [1.807, 2.05) is 0 Å². The lowest BCUT2D eigenvalue weighted by Gasteiger charge is -2.12. The van der Waals surface area contributed by atoms with Gasteiger partial charge in [-0.25, -0.2) is 24.1 Å². The normalized spacial score (nSPS) is 11.0. The van der Waals surface area contributed by atoms with Gasteiger partial charge in [-0.05, 0) is 49.9 Å². The first-order valence-corrected chi connectivity index (χ1v) is 15.4. The molecule has 0 aliphatic carbocycles. The van der Waals surface area contributed by atoms with Crippen molar-refractivity contribution in [2.75, 3.05) is 25.6 Å². The summed E-state index contributed by atoms with van der Waals surface area (Å²) in [7, 11) is 1.33. The fraction of sp³-hybridized carbons (Fsp3) is 0.238. The molecule has 36 heavy (non-hydrogen) atoms. The summed E-state index contributed by atoms with van der Waals surface area (Å²) in [6.07, 6.45) is 2.66. The lowest BCUT2D eigenvalue weighted by atomic mass is 10.2. The molecule has 0 aromatic carbocycles. The minimum Gasteiger partial charge on any atom is -0.382 e. The van der Waals surface area contributed by atoms with Crippen LogP contribution in [0.15, 0.2) is 34.0 Å². The number of aromatic nitrogens is 6. The van der Waals surface area contributed by atoms with Crippen molar-refractivity contribution in [3.05, 3.63) is 45.1 Å². The number of hydroxylamine groups is 2. The smallest absolute Gasteiger partial charge is 0.279 e. The van der Waals surface area contributed by atoms with Crippen molar-refractivity contribution in [3.63, 3.8) is 0 Å². The van der Waals surface area contributed by atoms with Gasteiger partial charge in [0, 0.05) is 7.05 Å². The van der Waals surface area contributed by atoms with Gasteiger partial charge in [0.2, 0.25) is 5.78 Å². The van der Waals surface area contributed by atoms with Crippen molar-refractivity contribution in [3.8, 4) is 11.5 Å². The predicted octanol–water partition coefficient (Wildman–Crippen LogP) is 2.84. The molecule has 188 valence electrons. The summed E-state index contributed by atoms with van der Waals surface area (Å²) < 4.78 is 4.30. The number of carbonyl (C=O) groups is 2. The first-order valence-electron chi connectivity index (χ1n) is 10.3. The highest BCUT2D eigenvalue weighted by molar-refractivity contribution is 9.10. The number of amides is 1. The van der Waals surface area contributed by atoms with Crippen LogP contribution in [0.1, 0.15) is 20.7 Å². The lowest BCUT2D eigenvalue weighted by Crippen LogP contribution is -2.25. The SMILES string of the molecule is CON(C)C(=O)c1cc(Br)n2ncnc(N)c12.C[Si](C)(C)C#CC(=O)c1cc(Br)n2ncnc(N)c12. The maximum absolute atomic E-state index is 12.2. The predicted molar refractivity (Wildman–Crippen MR) is 145 cm³/mol. The highest BCUT2D eigenvalue weighted by Crippen LogP contribution is 2.25. The topological polar surface area (TPSA) is 159 Å². The number of rotatable bonds is 3. The third kappa shape index (κ3) is 5.73. The van der Waals surface area contributed by atoms with Gasteiger partial charge in [-0.15, -0.1) is 5.54 Å². The molecule has 0 saturated carbocycles. The van der Waals surface area contributed by atoms with E-state index in [0.717, 1.165) is 5.06 Å². The van der Waals surface area contributed by atoms with Crippen LogP contribution in [0.4, 0.5) is 11.6 Å². The minimum absolute atomic E-state index is 0.235. The van der Waals surface area contributed by atoms with Gasteiger partial charge in [-0.2, -0.15) is 10.2 Å². The van der Waals surface area contributed by atoms with Crippen LogP contribution in [0.2, 0.25) is 19.6 Å². The molecule has 15 heteroatoms. The third-order valence-corrected chi connectivity index (χ3v) is 6.67. The van der Waals surface area contributed by atoms with Gasteiger partial charge in [-0.1, -0.05) is 19.6 Å². The minimum atomic E-state index is -1.59. The van der Waals surface area contributed by atoms with E-state index in [1.54, 1.807) is 12.1 Å². The number of hydrogen-bond donors (Lipinski definition) is 2. The molecule has 0 saturated heterocycles. The summed E-state index contributed by atoms with van der Waals surface area (Å²) in [5.41, 5.74) is 16.3. The Bertz CT molecular complexity index is 1530. The summed E-state index contributed by atoms with van der Waals surface area (Å²) in [5, 5.41) is 9.14. The zero-order valence-corrected chi connectivity index (χ0v) is 24.2. The molecule has 0 aliphatic heterocycles. The number of carbonyl (C=O) groups excluding carboxylic acids is 2. The first-order chi connectivity index (χ1) is 16.9. The van der Waals surface area contributed by atoms with Gasteiger partial charge in [-0.3, -0.25) is 14.4 Å². The second-order valence-corrected chi connectivity index (χ2v) is 14.8. The average Bonchev–Trinajstić information content (AvgIpc) is 3.35. The summed E-state index contributed by atoms with van der Waals surface area (Å²) in [4.78, 5) is 36.8. The van der Waals surface area contributed by atoms with E-state index >= 15 is 0 Å². The second-order valence-electron chi connectivity index (χ2n) is 8.39. The van der Waals surface area contributed by atoms with E-state index in [4.69, 9.17) is 16.3 Å². The number of hydrogen-bond acceptors (Lipinski definition) is 9. The molecule has 1 amide bonds. The molecule has 0 unspecified atom stereocenters. The molecular weight excluding hydrogens is 614 g/mol. The number of nitrogens with two attached hydrogens (primary N) is 2. The number of anilines is 2. The standard InChI is InChI=1S/C12H13BrN4OSi.C9H10BrN5O2/c1-19(2,3)5-4-9(18)8-6-10(13)17-11(8)12(14)15-7-16-17;1-14(17-2)9(16)5-3-6(10)15-7(5)8(11)12-4-13-15/h6-7H,1-3H3,(H2,14,15,16);3-4H,1-2H3,(H2,11,12,13). The molecular formula is C21H23Br2N9O3Si. The average molecular weight is 637 g/mol. The summed E-state index contributed by atoms with van der Waals surface area (Å²) in [5.74, 6) is 2.62. The van der Waals surface area contributed by atoms with Gasteiger partial charge in [0.15, 0.2) is 11.6 Å². The summed E-state index contributed by atoms with van der Waals surface area (Å²) in [6, 6.07) is 3.29. The van der Waals surface area contributed by atoms with Gasteiger partial charge >= 0.3 is 0 Å². The van der Waals surface area contributed by atoms with Crippen LogP contribution in [0.3, 0.4) is 0 Å². The Morgan fingerprint density at radius 2 is 1.44 bits per heavy atom. The quantitative estimate of drug-likeness (QED) is 0.149. The Labute approximate surface area is 224 Å². The number of Topliss-reactive ketones (excluding diaryl/α,β-unsaturated/α-hetero) is 1. The largest absolute Gasteiger partial charge is 0.382 e. The van der Waals surface area contributed by atoms with E-state index in [2.05, 4.69) is 83.1 Å². The molecule has 0 aliphatic rings. The van der Waals surface area contributed by atoms with Crippen LogP contribution in [0.5, 0.6) is 0 Å². The number of nitrogens with zero attached hydrogens (tertiary/aromatic N) is 7. The van der Waals surface area contributed by atoms with Crippen LogP contribution in [0.25, 0.3) is 11.0 Å². The fourth-order valence-corrected chi connectivity index (χ4v) is 4.44. The van der Waals surface area contributed by atoms with Crippen LogP contribution < -0.4 is 11.5 Å². The summed E-state index contributed by atoms with van der Waals surface area (Å²) in [6.45, 7) is 6.25. The number of halogens is 2. The maximum atomic E-state index is 12.2. The first kappa shape index (κ1) is 27.3. The number of fused-ring (bicyclic) bond motifs is 2. The molecule has 12 nitrogen and oxygen atoms in total. The molecule has 4 aromatic heterocycles. The molecule has 0 spiro atoms. The molecule has 4 rings (SSSR count). The van der Waals surface area contributed by atoms with Crippen LogP contribution >= 0.6 is 31.9 Å². The van der Waals surface area contributed by atoms with E-state index in [-0.39, 0.29) is 23.3 Å². The summed E-state index contributed by atoms with van der Waals surface area (Å²) >= 11 is 6.63. The molecule has 4 N–H and O–H groups in total. The van der Waals surface area contributed by atoms with Crippen molar-refractivity contribution >= 4 is 74.3 Å². The fourth-order valence-electron chi connectivity index (χ4n) is 2.96. The molecule has 0 radical (unpaired) electrons. The Morgan fingerprint density at radius 3 is 1.92 bits per heavy atom. The van der Waals surface area contributed by atoms with Gasteiger partial charge in [0.05, 0.1) is 18.2 Å². The Balaban J connectivity index is 0.000000202. The zero-order valence-electron chi connectivity index (χ0n) is 20.1. The Hall–Kier alpha value is -3.32. The van der Waals surface area contributed by atoms with E-state index in [9.17, 15) is 9.59 Å². The Morgan fingerprint density at radius 1 is 0.972 bits per heavy atom. The van der Waals surface area contributed by atoms with E-state index < -0.39 is 8.07 Å². The van der Waals surface area contributed by atoms with E-state index in [0.29, 0.717) is 31.4 Å². The molecule has 0 atom stereocenters. The van der Waals surface area contributed by atoms with Gasteiger partial charge in [0.1, 0.15) is 41.0 Å². The van der Waals surface area contributed by atoms with Crippen LogP contribution in [-0.4, -0.2) is 68.2 Å². The number of nitrogen functional groups attached to an aromatic ring is 2. The van der Waals surface area contributed by atoms with Crippen molar-refractivity contribution in [1.29, 1.82) is 0 Å². The third-order valence-electron chi connectivity index (χ3n) is 4.66. The Kier molecular flexibility index (Phi) is 8.14. The van der Waals surface area contributed by atoms with Crippen molar-refractivity contribution < 1.29 is 14.4 Å². The molecule has 0 bridgehead atoms. The highest BCUT2D eigenvalue weighted by atomic mass is 79.9. The van der Waals surface area contributed by atoms with Crippen molar-refractivity contribution in [2.45, 2.75) is 19.6 Å². The highest BCUT2D eigenvalue weighted by Gasteiger charge is 2.21. The second kappa shape index (κ2) is 10.7. The number of ketones is 1. The monoisotopic (exact) mass is 635 g/mol. The van der Waals surface area contributed by atoms with Crippen LogP contribution in [0, 0.1) is 11.5 Å². The molecule has 4 heterocycles. The zero-order chi connectivity index (χ0) is 26.8. The van der Waals surface area contributed by atoms with Crippen molar-refractivity contribution in [2.24, 2.45) is 0 Å². The van der Waals surface area contributed by atoms with Crippen molar-refractivity contribution in [1.82, 2.24) is 34.3 Å². The maximum Gasteiger partial charge on any atom is 0.279 e.